The fraction of sp³-hybridized carbons (Fsp3) is 0.385. The molecule has 0 aromatic heterocycles. The Morgan fingerprint density at radius 1 is 1.28 bits per heavy atom. The van der Waals surface area contributed by atoms with Gasteiger partial charge in [0, 0.05) is 20.5 Å². The van der Waals surface area contributed by atoms with E-state index in [2.05, 4.69) is 5.32 Å². The van der Waals surface area contributed by atoms with Crippen molar-refractivity contribution in [2.75, 3.05) is 21.2 Å². The minimum Gasteiger partial charge on any atom is -0.467 e. The minimum atomic E-state index is -0.674. The highest BCUT2D eigenvalue weighted by atomic mass is 16.5. The lowest BCUT2D eigenvalue weighted by Gasteiger charge is -2.19. The summed E-state index contributed by atoms with van der Waals surface area (Å²) in [5, 5.41) is 2.63. The van der Waals surface area contributed by atoms with Crippen molar-refractivity contribution in [1.29, 1.82) is 0 Å². The van der Waals surface area contributed by atoms with E-state index in [1.807, 2.05) is 30.3 Å². The van der Waals surface area contributed by atoms with Crippen molar-refractivity contribution < 1.29 is 14.3 Å². The highest BCUT2D eigenvalue weighted by molar-refractivity contribution is 5.83. The van der Waals surface area contributed by atoms with E-state index in [9.17, 15) is 9.59 Å². The second-order valence-corrected chi connectivity index (χ2v) is 4.11. The van der Waals surface area contributed by atoms with Crippen LogP contribution in [0.25, 0.3) is 0 Å². The van der Waals surface area contributed by atoms with Crippen LogP contribution in [0.3, 0.4) is 0 Å². The molecular formula is C13H18N2O3. The lowest BCUT2D eigenvalue weighted by Crippen LogP contribution is -2.47. The molecule has 0 saturated carbocycles. The first-order valence-electron chi connectivity index (χ1n) is 5.64. The molecule has 0 saturated heterocycles. The summed E-state index contributed by atoms with van der Waals surface area (Å²) in [6, 6.07) is 8.48. The minimum absolute atomic E-state index is 0.318. The summed E-state index contributed by atoms with van der Waals surface area (Å²) in [6.45, 7) is 0. The molecule has 98 valence electrons. The van der Waals surface area contributed by atoms with E-state index in [4.69, 9.17) is 4.74 Å². The molecule has 18 heavy (non-hydrogen) atoms. The number of methoxy groups -OCH3 is 1. The Labute approximate surface area is 107 Å². The molecule has 1 N–H and O–H groups in total. The van der Waals surface area contributed by atoms with Gasteiger partial charge in [-0.1, -0.05) is 30.3 Å². The first kappa shape index (κ1) is 14.0. The molecule has 0 heterocycles. The number of hydrogen-bond donors (Lipinski definition) is 1. The van der Waals surface area contributed by atoms with Crippen LogP contribution in [-0.4, -0.2) is 44.1 Å². The predicted octanol–water partition coefficient (Wildman–Crippen LogP) is 1.04. The van der Waals surface area contributed by atoms with Gasteiger partial charge in [-0.15, -0.1) is 0 Å². The molecule has 1 aromatic rings. The molecule has 0 aliphatic heterocycles. The van der Waals surface area contributed by atoms with E-state index in [-0.39, 0.29) is 6.03 Å². The lowest BCUT2D eigenvalue weighted by molar-refractivity contribution is -0.142. The van der Waals surface area contributed by atoms with Crippen LogP contribution >= 0.6 is 0 Å². The summed E-state index contributed by atoms with van der Waals surface area (Å²) in [4.78, 5) is 24.6. The Balaban J connectivity index is 2.73. The Hall–Kier alpha value is -2.04. The fourth-order valence-electron chi connectivity index (χ4n) is 1.46. The Morgan fingerprint density at radius 2 is 1.89 bits per heavy atom. The molecule has 0 unspecified atom stereocenters. The molecule has 0 fully saturated rings. The van der Waals surface area contributed by atoms with Crippen molar-refractivity contribution in [3.8, 4) is 0 Å². The first-order chi connectivity index (χ1) is 8.54. The van der Waals surface area contributed by atoms with E-state index >= 15 is 0 Å². The number of carbonyl (C=O) groups excluding carboxylic acids is 2. The number of urea groups is 1. The third-order valence-corrected chi connectivity index (χ3v) is 2.47. The Bertz CT molecular complexity index is 404. The zero-order valence-electron chi connectivity index (χ0n) is 10.8. The third-order valence-electron chi connectivity index (χ3n) is 2.47. The second-order valence-electron chi connectivity index (χ2n) is 4.11. The third kappa shape index (κ3) is 4.08. The van der Waals surface area contributed by atoms with E-state index in [1.54, 1.807) is 14.1 Å². The number of rotatable bonds is 4. The SMILES string of the molecule is COC(=O)[C@H](Cc1ccccc1)NC(=O)N(C)C. The highest BCUT2D eigenvalue weighted by Crippen LogP contribution is 2.04. The first-order valence-corrected chi connectivity index (χ1v) is 5.64. The van der Waals surface area contributed by atoms with Crippen LogP contribution < -0.4 is 5.32 Å². The standard InChI is InChI=1S/C13H18N2O3/c1-15(2)13(17)14-11(12(16)18-3)9-10-7-5-4-6-8-10/h4-8,11H,9H2,1-3H3,(H,14,17)/t11-/m0/s1. The smallest absolute Gasteiger partial charge is 0.328 e. The van der Waals surface area contributed by atoms with Gasteiger partial charge in [-0.3, -0.25) is 0 Å². The Morgan fingerprint density at radius 3 is 2.39 bits per heavy atom. The van der Waals surface area contributed by atoms with Gasteiger partial charge in [0.25, 0.3) is 0 Å². The topological polar surface area (TPSA) is 58.6 Å². The number of benzene rings is 1. The van der Waals surface area contributed by atoms with Crippen LogP contribution in [0.1, 0.15) is 5.56 Å². The molecule has 5 nitrogen and oxygen atoms in total. The average molecular weight is 250 g/mol. The van der Waals surface area contributed by atoms with Gasteiger partial charge in [-0.05, 0) is 5.56 Å². The quantitative estimate of drug-likeness (QED) is 0.812. The van der Waals surface area contributed by atoms with Gasteiger partial charge >= 0.3 is 12.0 Å². The highest BCUT2D eigenvalue weighted by Gasteiger charge is 2.22. The fourth-order valence-corrected chi connectivity index (χ4v) is 1.46. The summed E-state index contributed by atoms with van der Waals surface area (Å²) >= 11 is 0. The second kappa shape index (κ2) is 6.64. The van der Waals surface area contributed by atoms with Crippen molar-refractivity contribution in [1.82, 2.24) is 10.2 Å². The molecule has 1 atom stereocenters. The van der Waals surface area contributed by atoms with Crippen molar-refractivity contribution in [3.63, 3.8) is 0 Å². The van der Waals surface area contributed by atoms with Crippen LogP contribution in [0.5, 0.6) is 0 Å². The molecule has 2 amide bonds. The number of ether oxygens (including phenoxy) is 1. The van der Waals surface area contributed by atoms with Crippen LogP contribution in [0.15, 0.2) is 30.3 Å². The van der Waals surface area contributed by atoms with E-state index in [0.29, 0.717) is 6.42 Å². The van der Waals surface area contributed by atoms with Gasteiger partial charge in [-0.2, -0.15) is 0 Å². The van der Waals surface area contributed by atoms with E-state index < -0.39 is 12.0 Å². The molecule has 0 aliphatic carbocycles. The zero-order valence-corrected chi connectivity index (χ0v) is 10.8. The van der Waals surface area contributed by atoms with Gasteiger partial charge in [0.2, 0.25) is 0 Å². The van der Waals surface area contributed by atoms with E-state index in [1.165, 1.54) is 12.0 Å². The van der Waals surface area contributed by atoms with Crippen LogP contribution in [0.2, 0.25) is 0 Å². The average Bonchev–Trinajstić information content (AvgIpc) is 2.38. The number of hydrogen-bond acceptors (Lipinski definition) is 3. The molecule has 1 rings (SSSR count). The molecule has 0 aliphatic rings. The number of nitrogens with zero attached hydrogens (tertiary/aromatic N) is 1. The zero-order chi connectivity index (χ0) is 13.5. The molecule has 0 bridgehead atoms. The summed E-state index contributed by atoms with van der Waals surface area (Å²) in [5.41, 5.74) is 0.965. The van der Waals surface area contributed by atoms with Crippen molar-refractivity contribution in [3.05, 3.63) is 35.9 Å². The van der Waals surface area contributed by atoms with Crippen LogP contribution in [0, 0.1) is 0 Å². The molecule has 0 spiro atoms. The van der Waals surface area contributed by atoms with Gasteiger partial charge in [0.05, 0.1) is 7.11 Å². The largest absolute Gasteiger partial charge is 0.467 e. The Kier molecular flexibility index (Phi) is 5.17. The summed E-state index contributed by atoms with van der Waals surface area (Å²) in [7, 11) is 4.54. The lowest BCUT2D eigenvalue weighted by atomic mass is 10.1. The van der Waals surface area contributed by atoms with Gasteiger partial charge in [0.15, 0.2) is 0 Å². The number of amides is 2. The molecule has 0 radical (unpaired) electrons. The van der Waals surface area contributed by atoms with Gasteiger partial charge < -0.3 is 15.0 Å². The number of carbonyl (C=O) groups is 2. The van der Waals surface area contributed by atoms with Crippen molar-refractivity contribution in [2.45, 2.75) is 12.5 Å². The maximum atomic E-state index is 11.6. The normalized spacial score (nSPS) is 11.5. The maximum absolute atomic E-state index is 11.6. The molecule has 5 heteroatoms. The van der Waals surface area contributed by atoms with Crippen molar-refractivity contribution in [2.24, 2.45) is 0 Å². The summed E-state index contributed by atoms with van der Waals surface area (Å²) in [5.74, 6) is -0.450. The van der Waals surface area contributed by atoms with Crippen LogP contribution in [0.4, 0.5) is 4.79 Å². The maximum Gasteiger partial charge on any atom is 0.328 e. The predicted molar refractivity (Wildman–Crippen MR) is 68.2 cm³/mol. The van der Waals surface area contributed by atoms with Gasteiger partial charge in [-0.25, -0.2) is 9.59 Å². The van der Waals surface area contributed by atoms with Crippen molar-refractivity contribution >= 4 is 12.0 Å². The summed E-state index contributed by atoms with van der Waals surface area (Å²) in [6.07, 6.45) is 0.410. The molecule has 1 aromatic carbocycles. The monoisotopic (exact) mass is 250 g/mol. The van der Waals surface area contributed by atoms with Gasteiger partial charge in [0.1, 0.15) is 6.04 Å². The number of esters is 1. The number of nitrogens with one attached hydrogen (secondary N) is 1. The summed E-state index contributed by atoms with van der Waals surface area (Å²) < 4.78 is 4.69. The van der Waals surface area contributed by atoms with Crippen LogP contribution in [-0.2, 0) is 16.0 Å². The molecular weight excluding hydrogens is 232 g/mol. The van der Waals surface area contributed by atoms with E-state index in [0.717, 1.165) is 5.56 Å².